The average Bonchev–Trinajstić information content (AvgIpc) is 2.98. The van der Waals surface area contributed by atoms with E-state index in [2.05, 4.69) is 17.2 Å². The van der Waals surface area contributed by atoms with Crippen molar-refractivity contribution in [2.75, 3.05) is 5.32 Å². The second kappa shape index (κ2) is 6.93. The molecule has 0 radical (unpaired) electrons. The molecule has 1 aliphatic rings. The molecule has 2 aromatic heterocycles. The molecule has 0 saturated heterocycles. The zero-order valence-electron chi connectivity index (χ0n) is 15.8. The summed E-state index contributed by atoms with van der Waals surface area (Å²) in [5.41, 5.74) is 3.90. The molecule has 1 aliphatic carbocycles. The summed E-state index contributed by atoms with van der Waals surface area (Å²) in [5.74, 6) is 0.431. The van der Waals surface area contributed by atoms with Crippen LogP contribution >= 0.6 is 11.3 Å². The van der Waals surface area contributed by atoms with Gasteiger partial charge in [-0.3, -0.25) is 14.2 Å². The van der Waals surface area contributed by atoms with Gasteiger partial charge < -0.3 is 5.32 Å². The summed E-state index contributed by atoms with van der Waals surface area (Å²) >= 11 is 1.63. The lowest BCUT2D eigenvalue weighted by Gasteiger charge is -2.17. The summed E-state index contributed by atoms with van der Waals surface area (Å²) in [4.78, 5) is 32.1. The smallest absolute Gasteiger partial charge is 0.262 e. The Balaban J connectivity index is 1.62. The van der Waals surface area contributed by atoms with Crippen molar-refractivity contribution in [1.29, 1.82) is 0 Å². The lowest BCUT2D eigenvalue weighted by Crippen LogP contribution is -2.28. The van der Waals surface area contributed by atoms with Crippen LogP contribution in [0, 0.1) is 19.8 Å². The maximum absolute atomic E-state index is 13.0. The molecule has 1 unspecified atom stereocenters. The van der Waals surface area contributed by atoms with Gasteiger partial charge in [0.05, 0.1) is 11.7 Å². The van der Waals surface area contributed by atoms with Crippen molar-refractivity contribution >= 4 is 33.1 Å². The standard InChI is InChI=1S/C21H23N3O2S/c1-12-4-6-14(3)16(8-12)23-18(25)10-24-11-22-20-19(21(24)26)15-7-5-13(2)9-17(15)27-20/h4,6,8,11,13H,5,7,9-10H2,1-3H3,(H,23,25). The number of anilines is 1. The number of thiophene rings is 1. The molecule has 1 atom stereocenters. The van der Waals surface area contributed by atoms with Crippen molar-refractivity contribution < 1.29 is 4.79 Å². The molecule has 4 rings (SSSR count). The monoisotopic (exact) mass is 381 g/mol. The number of hydrogen-bond donors (Lipinski definition) is 1. The van der Waals surface area contributed by atoms with E-state index >= 15 is 0 Å². The second-order valence-electron chi connectivity index (χ2n) is 7.58. The molecule has 6 heteroatoms. The Bertz CT molecular complexity index is 1100. The van der Waals surface area contributed by atoms with E-state index in [0.717, 1.165) is 46.5 Å². The highest BCUT2D eigenvalue weighted by molar-refractivity contribution is 7.18. The highest BCUT2D eigenvalue weighted by Crippen LogP contribution is 2.35. The lowest BCUT2D eigenvalue weighted by molar-refractivity contribution is -0.116. The largest absolute Gasteiger partial charge is 0.324 e. The average molecular weight is 382 g/mol. The van der Waals surface area contributed by atoms with E-state index in [9.17, 15) is 9.59 Å². The van der Waals surface area contributed by atoms with Gasteiger partial charge in [0.25, 0.3) is 5.56 Å². The fourth-order valence-electron chi connectivity index (χ4n) is 3.69. The second-order valence-corrected chi connectivity index (χ2v) is 8.66. The van der Waals surface area contributed by atoms with Crippen LogP contribution < -0.4 is 10.9 Å². The molecule has 0 fully saturated rings. The van der Waals surface area contributed by atoms with E-state index in [0.29, 0.717) is 11.3 Å². The number of aromatic nitrogens is 2. The van der Waals surface area contributed by atoms with Crippen LogP contribution in [0.15, 0.2) is 29.3 Å². The van der Waals surface area contributed by atoms with Crippen molar-refractivity contribution in [3.63, 3.8) is 0 Å². The fraction of sp³-hybridized carbons (Fsp3) is 0.381. The van der Waals surface area contributed by atoms with Gasteiger partial charge >= 0.3 is 0 Å². The summed E-state index contributed by atoms with van der Waals surface area (Å²) in [6.07, 6.45) is 4.54. The van der Waals surface area contributed by atoms with Crippen LogP contribution in [0.1, 0.15) is 34.9 Å². The minimum Gasteiger partial charge on any atom is -0.324 e. The van der Waals surface area contributed by atoms with E-state index in [1.165, 1.54) is 15.8 Å². The summed E-state index contributed by atoms with van der Waals surface area (Å²) in [6.45, 7) is 6.15. The number of fused-ring (bicyclic) bond motifs is 3. The number of amides is 1. The predicted molar refractivity (Wildman–Crippen MR) is 110 cm³/mol. The zero-order chi connectivity index (χ0) is 19.1. The number of carbonyl (C=O) groups excluding carboxylic acids is 1. The van der Waals surface area contributed by atoms with Crippen LogP contribution in [-0.2, 0) is 24.2 Å². The molecule has 1 amide bonds. The van der Waals surface area contributed by atoms with Gasteiger partial charge in [-0.25, -0.2) is 4.98 Å². The number of aryl methyl sites for hydroxylation is 3. The van der Waals surface area contributed by atoms with Gasteiger partial charge in [0.15, 0.2) is 0 Å². The van der Waals surface area contributed by atoms with Crippen LogP contribution in [0.5, 0.6) is 0 Å². The number of rotatable bonds is 3. The van der Waals surface area contributed by atoms with Gasteiger partial charge in [0, 0.05) is 10.6 Å². The molecule has 0 saturated carbocycles. The molecule has 1 N–H and O–H groups in total. The van der Waals surface area contributed by atoms with E-state index in [1.807, 2.05) is 32.0 Å². The minimum absolute atomic E-state index is 0.0316. The molecule has 0 spiro atoms. The summed E-state index contributed by atoms with van der Waals surface area (Å²) in [7, 11) is 0. The predicted octanol–water partition coefficient (Wildman–Crippen LogP) is 3.84. The molecule has 5 nitrogen and oxygen atoms in total. The van der Waals surface area contributed by atoms with Crippen LogP contribution in [-0.4, -0.2) is 15.5 Å². The molecule has 1 aromatic carbocycles. The maximum atomic E-state index is 13.0. The number of benzene rings is 1. The van der Waals surface area contributed by atoms with Crippen molar-refractivity contribution in [2.24, 2.45) is 5.92 Å². The third-order valence-corrected chi connectivity index (χ3v) is 6.43. The number of nitrogens with one attached hydrogen (secondary N) is 1. The van der Waals surface area contributed by atoms with Gasteiger partial charge in [-0.05, 0) is 61.8 Å². The van der Waals surface area contributed by atoms with Crippen molar-refractivity contribution in [3.05, 3.63) is 56.4 Å². The molecular formula is C21H23N3O2S. The van der Waals surface area contributed by atoms with Gasteiger partial charge in [0.1, 0.15) is 11.4 Å². The van der Waals surface area contributed by atoms with Crippen molar-refractivity contribution in [2.45, 2.75) is 46.6 Å². The highest BCUT2D eigenvalue weighted by atomic mass is 32.1. The van der Waals surface area contributed by atoms with E-state index in [1.54, 1.807) is 11.3 Å². The van der Waals surface area contributed by atoms with Gasteiger partial charge in [-0.2, -0.15) is 0 Å². The quantitative estimate of drug-likeness (QED) is 0.750. The highest BCUT2D eigenvalue weighted by Gasteiger charge is 2.23. The summed E-state index contributed by atoms with van der Waals surface area (Å²) < 4.78 is 1.42. The first-order valence-corrected chi connectivity index (χ1v) is 10.1. The first-order chi connectivity index (χ1) is 12.9. The molecule has 2 heterocycles. The van der Waals surface area contributed by atoms with Gasteiger partial charge in [-0.1, -0.05) is 19.1 Å². The SMILES string of the molecule is Cc1ccc(C)c(NC(=O)Cn2cnc3sc4c(c3c2=O)CCC(C)C4)c1. The molecule has 0 aliphatic heterocycles. The maximum Gasteiger partial charge on any atom is 0.262 e. The molecule has 3 aromatic rings. The minimum atomic E-state index is -0.218. The van der Waals surface area contributed by atoms with E-state index in [4.69, 9.17) is 0 Å². The Hall–Kier alpha value is -2.47. The van der Waals surface area contributed by atoms with Crippen LogP contribution in [0.3, 0.4) is 0 Å². The normalized spacial score (nSPS) is 16.3. The third kappa shape index (κ3) is 3.41. The molecular weight excluding hydrogens is 358 g/mol. The third-order valence-electron chi connectivity index (χ3n) is 5.26. The van der Waals surface area contributed by atoms with Gasteiger partial charge in [-0.15, -0.1) is 11.3 Å². The first kappa shape index (κ1) is 17.9. The Labute approximate surface area is 162 Å². The lowest BCUT2D eigenvalue weighted by atomic mass is 9.89. The summed E-state index contributed by atoms with van der Waals surface area (Å²) in [6, 6.07) is 5.92. The number of nitrogens with zero attached hydrogens (tertiary/aromatic N) is 2. The fourth-order valence-corrected chi connectivity index (χ4v) is 5.03. The molecule has 140 valence electrons. The van der Waals surface area contributed by atoms with Crippen LogP contribution in [0.2, 0.25) is 0 Å². The Morgan fingerprint density at radius 2 is 2.19 bits per heavy atom. The topological polar surface area (TPSA) is 64.0 Å². The van der Waals surface area contributed by atoms with Gasteiger partial charge in [0.2, 0.25) is 5.91 Å². The summed E-state index contributed by atoms with van der Waals surface area (Å²) in [5, 5.41) is 3.62. The molecule has 27 heavy (non-hydrogen) atoms. The van der Waals surface area contributed by atoms with E-state index in [-0.39, 0.29) is 18.0 Å². The van der Waals surface area contributed by atoms with Crippen molar-refractivity contribution in [1.82, 2.24) is 9.55 Å². The van der Waals surface area contributed by atoms with Crippen LogP contribution in [0.25, 0.3) is 10.2 Å². The van der Waals surface area contributed by atoms with E-state index < -0.39 is 0 Å². The molecule has 0 bridgehead atoms. The van der Waals surface area contributed by atoms with Crippen LogP contribution in [0.4, 0.5) is 5.69 Å². The number of hydrogen-bond acceptors (Lipinski definition) is 4. The Morgan fingerprint density at radius 3 is 3.00 bits per heavy atom. The van der Waals surface area contributed by atoms with Crippen molar-refractivity contribution in [3.8, 4) is 0 Å². The Kier molecular flexibility index (Phi) is 4.60. The number of carbonyl (C=O) groups is 1. The zero-order valence-corrected chi connectivity index (χ0v) is 16.7. The first-order valence-electron chi connectivity index (χ1n) is 9.29. The Morgan fingerprint density at radius 1 is 1.37 bits per heavy atom.